The smallest absolute Gasteiger partial charge is 0.296 e. The topological polar surface area (TPSA) is 92.6 Å². The molecule has 7 nitrogen and oxygen atoms in total. The molecule has 1 aromatic heterocycles. The van der Waals surface area contributed by atoms with Gasteiger partial charge in [0, 0.05) is 15.8 Å². The molecule has 42 heavy (non-hydrogen) atoms. The summed E-state index contributed by atoms with van der Waals surface area (Å²) < 4.78 is 6.30. The van der Waals surface area contributed by atoms with Gasteiger partial charge in [0.1, 0.15) is 5.75 Å². The Bertz CT molecular complexity index is 1660. The monoisotopic (exact) mass is 637 g/mol. The summed E-state index contributed by atoms with van der Waals surface area (Å²) in [5.41, 5.74) is 2.27. The molecule has 1 amide bonds. The van der Waals surface area contributed by atoms with Gasteiger partial charge in [-0.25, -0.2) is 0 Å². The van der Waals surface area contributed by atoms with Crippen LogP contribution in [0.5, 0.6) is 5.75 Å². The maximum absolute atomic E-state index is 13.5. The number of anilines is 1. The van der Waals surface area contributed by atoms with E-state index in [4.69, 9.17) is 27.9 Å². The second kappa shape index (κ2) is 13.6. The van der Waals surface area contributed by atoms with Crippen LogP contribution >= 0.6 is 46.3 Å². The zero-order valence-electron chi connectivity index (χ0n) is 22.4. The second-order valence-electron chi connectivity index (χ2n) is 9.24. The summed E-state index contributed by atoms with van der Waals surface area (Å²) in [4.78, 5) is 28.3. The standard InChI is InChI=1S/C31H25Cl2N3O4S2/c1-2-16-40-23-13-10-20(11-14-23)27-26(25(37)15-8-19-6-4-3-5-7-19)28(38)29(39)36(27)30-34-35-31(42-30)41-18-21-9-12-22(32)17-24(21)33/h3-15,17,27,38H,2,16,18H2,1H3/b15-8+. The molecule has 0 fully saturated rings. The Labute approximate surface area is 261 Å². The predicted octanol–water partition coefficient (Wildman–Crippen LogP) is 8.11. The maximum atomic E-state index is 13.5. The van der Waals surface area contributed by atoms with Crippen molar-refractivity contribution >= 4 is 69.2 Å². The van der Waals surface area contributed by atoms with Crippen LogP contribution in [-0.2, 0) is 15.3 Å². The SMILES string of the molecule is CCCOc1ccc(C2C(C(=O)/C=C/c3ccccc3)=C(O)C(=O)N2c2nnc(SCc3ccc(Cl)cc3Cl)s2)cc1. The molecule has 1 aliphatic rings. The Morgan fingerprint density at radius 3 is 2.57 bits per heavy atom. The van der Waals surface area contributed by atoms with E-state index in [2.05, 4.69) is 10.2 Å². The fraction of sp³-hybridized carbons (Fsp3) is 0.161. The second-order valence-corrected chi connectivity index (χ2v) is 12.3. The van der Waals surface area contributed by atoms with E-state index in [0.29, 0.717) is 38.1 Å². The summed E-state index contributed by atoms with van der Waals surface area (Å²) in [5, 5.41) is 20.9. The van der Waals surface area contributed by atoms with Crippen molar-refractivity contribution in [1.82, 2.24) is 10.2 Å². The molecular formula is C31H25Cl2N3O4S2. The van der Waals surface area contributed by atoms with Crippen LogP contribution in [0.3, 0.4) is 0 Å². The third-order valence-corrected chi connectivity index (χ3v) is 9.03. The van der Waals surface area contributed by atoms with Gasteiger partial charge in [-0.15, -0.1) is 10.2 Å². The third kappa shape index (κ3) is 6.71. The van der Waals surface area contributed by atoms with E-state index >= 15 is 0 Å². The van der Waals surface area contributed by atoms with E-state index < -0.39 is 23.5 Å². The third-order valence-electron chi connectivity index (χ3n) is 6.34. The number of amides is 1. The van der Waals surface area contributed by atoms with E-state index in [1.165, 1.54) is 34.1 Å². The highest BCUT2D eigenvalue weighted by molar-refractivity contribution is 8.00. The molecule has 4 aromatic rings. The summed E-state index contributed by atoms with van der Waals surface area (Å²) in [7, 11) is 0. The van der Waals surface area contributed by atoms with Gasteiger partial charge in [0.25, 0.3) is 5.91 Å². The molecule has 0 bridgehead atoms. The quantitative estimate of drug-likeness (QED) is 0.101. The molecule has 1 atom stereocenters. The first-order chi connectivity index (χ1) is 20.4. The minimum Gasteiger partial charge on any atom is -0.503 e. The number of rotatable bonds is 11. The number of aliphatic hydroxyl groups is 1. The van der Waals surface area contributed by atoms with Gasteiger partial charge in [0.15, 0.2) is 15.9 Å². The molecule has 0 spiro atoms. The number of ketones is 1. The Hall–Kier alpha value is -3.63. The lowest BCUT2D eigenvalue weighted by Gasteiger charge is -2.24. The number of hydrogen-bond acceptors (Lipinski definition) is 8. The largest absolute Gasteiger partial charge is 0.503 e. The predicted molar refractivity (Wildman–Crippen MR) is 169 cm³/mol. The molecule has 1 aliphatic heterocycles. The Kier molecular flexibility index (Phi) is 9.64. The molecule has 1 N–H and O–H groups in total. The number of aliphatic hydroxyl groups excluding tert-OH is 1. The highest BCUT2D eigenvalue weighted by Gasteiger charge is 2.45. The van der Waals surface area contributed by atoms with Gasteiger partial charge in [-0.05, 0) is 53.5 Å². The highest BCUT2D eigenvalue weighted by Crippen LogP contribution is 2.44. The fourth-order valence-corrected chi connectivity index (χ4v) is 6.72. The van der Waals surface area contributed by atoms with Crippen LogP contribution in [0.1, 0.15) is 36.1 Å². The number of carbonyl (C=O) groups is 2. The van der Waals surface area contributed by atoms with Crippen LogP contribution in [0.4, 0.5) is 5.13 Å². The maximum Gasteiger partial charge on any atom is 0.296 e. The number of aromatic nitrogens is 2. The van der Waals surface area contributed by atoms with Crippen molar-refractivity contribution in [3.63, 3.8) is 0 Å². The van der Waals surface area contributed by atoms with E-state index in [9.17, 15) is 14.7 Å². The van der Waals surface area contributed by atoms with E-state index in [1.807, 2.05) is 43.3 Å². The van der Waals surface area contributed by atoms with Gasteiger partial charge >= 0.3 is 0 Å². The first-order valence-electron chi connectivity index (χ1n) is 13.0. The van der Waals surface area contributed by atoms with Gasteiger partial charge in [0.2, 0.25) is 5.13 Å². The molecule has 0 saturated carbocycles. The number of thioether (sulfide) groups is 1. The Morgan fingerprint density at radius 2 is 1.86 bits per heavy atom. The molecule has 0 radical (unpaired) electrons. The van der Waals surface area contributed by atoms with Crippen LogP contribution in [0.25, 0.3) is 6.08 Å². The van der Waals surface area contributed by atoms with Crippen molar-refractivity contribution in [2.24, 2.45) is 0 Å². The lowest BCUT2D eigenvalue weighted by Crippen LogP contribution is -2.30. The molecule has 5 rings (SSSR count). The van der Waals surface area contributed by atoms with Gasteiger partial charge in [-0.2, -0.15) is 0 Å². The van der Waals surface area contributed by atoms with Gasteiger partial charge in [-0.3, -0.25) is 14.5 Å². The molecule has 1 unspecified atom stereocenters. The summed E-state index contributed by atoms with van der Waals surface area (Å²) >= 11 is 14.9. The summed E-state index contributed by atoms with van der Waals surface area (Å²) in [6.07, 6.45) is 3.87. The average molecular weight is 639 g/mol. The lowest BCUT2D eigenvalue weighted by molar-refractivity contribution is -0.117. The van der Waals surface area contributed by atoms with Crippen molar-refractivity contribution in [1.29, 1.82) is 0 Å². The Balaban J connectivity index is 1.45. The minimum absolute atomic E-state index is 0.0354. The van der Waals surface area contributed by atoms with Gasteiger partial charge in [0.05, 0.1) is 18.2 Å². The van der Waals surface area contributed by atoms with Crippen molar-refractivity contribution in [3.05, 3.63) is 117 Å². The summed E-state index contributed by atoms with van der Waals surface area (Å²) in [6.45, 7) is 2.58. The van der Waals surface area contributed by atoms with E-state index in [-0.39, 0.29) is 10.7 Å². The molecule has 0 aliphatic carbocycles. The minimum atomic E-state index is -0.915. The molecular weight excluding hydrogens is 613 g/mol. The van der Waals surface area contributed by atoms with Crippen LogP contribution in [-0.4, -0.2) is 33.6 Å². The summed E-state index contributed by atoms with van der Waals surface area (Å²) in [6, 6.07) is 20.8. The number of benzene rings is 3. The zero-order chi connectivity index (χ0) is 29.6. The molecule has 11 heteroatoms. The normalized spacial score (nSPS) is 15.2. The first kappa shape index (κ1) is 29.8. The molecule has 0 saturated heterocycles. The Morgan fingerprint density at radius 1 is 1.10 bits per heavy atom. The van der Waals surface area contributed by atoms with Crippen molar-refractivity contribution in [2.45, 2.75) is 29.5 Å². The molecule has 214 valence electrons. The van der Waals surface area contributed by atoms with E-state index in [1.54, 1.807) is 42.5 Å². The van der Waals surface area contributed by atoms with Crippen LogP contribution in [0.2, 0.25) is 10.0 Å². The molecule has 3 aromatic carbocycles. The molecule has 2 heterocycles. The highest BCUT2D eigenvalue weighted by atomic mass is 35.5. The van der Waals surface area contributed by atoms with Crippen molar-refractivity contribution in [3.8, 4) is 5.75 Å². The van der Waals surface area contributed by atoms with Crippen LogP contribution in [0.15, 0.2) is 94.5 Å². The number of halogens is 2. The van der Waals surface area contributed by atoms with Crippen molar-refractivity contribution in [2.75, 3.05) is 11.5 Å². The van der Waals surface area contributed by atoms with Crippen LogP contribution < -0.4 is 9.64 Å². The average Bonchev–Trinajstić information content (AvgIpc) is 3.57. The first-order valence-corrected chi connectivity index (χ1v) is 15.6. The number of allylic oxidation sites excluding steroid dienone is 1. The number of hydrogen-bond donors (Lipinski definition) is 1. The van der Waals surface area contributed by atoms with Gasteiger partial charge < -0.3 is 9.84 Å². The van der Waals surface area contributed by atoms with Crippen molar-refractivity contribution < 1.29 is 19.4 Å². The fourth-order valence-electron chi connectivity index (χ4n) is 4.30. The van der Waals surface area contributed by atoms with Crippen LogP contribution in [0, 0.1) is 0 Å². The van der Waals surface area contributed by atoms with E-state index in [0.717, 1.165) is 17.5 Å². The number of ether oxygens (including phenoxy) is 1. The van der Waals surface area contributed by atoms with Gasteiger partial charge in [-0.1, -0.05) is 108 Å². The number of nitrogens with zero attached hydrogens (tertiary/aromatic N) is 3. The summed E-state index contributed by atoms with van der Waals surface area (Å²) in [5.74, 6) is -0.654. The lowest BCUT2D eigenvalue weighted by atomic mass is 9.95. The number of carbonyl (C=O) groups excluding carboxylic acids is 2. The zero-order valence-corrected chi connectivity index (χ0v) is 25.5.